The second-order valence-electron chi connectivity index (χ2n) is 7.23. The van der Waals surface area contributed by atoms with Gasteiger partial charge in [0.25, 0.3) is 0 Å². The van der Waals surface area contributed by atoms with Crippen LogP contribution >= 0.6 is 11.3 Å². The lowest BCUT2D eigenvalue weighted by Gasteiger charge is -2.39. The van der Waals surface area contributed by atoms with Crippen LogP contribution in [0.3, 0.4) is 0 Å². The highest BCUT2D eigenvalue weighted by Gasteiger charge is 2.30. The van der Waals surface area contributed by atoms with E-state index in [2.05, 4.69) is 9.97 Å². The molecule has 0 radical (unpaired) electrons. The van der Waals surface area contributed by atoms with Crippen LogP contribution in [0, 0.1) is 0 Å². The predicted octanol–water partition coefficient (Wildman–Crippen LogP) is 3.52. The molecule has 0 spiro atoms. The zero-order valence-electron chi connectivity index (χ0n) is 15.4. The molecule has 0 unspecified atom stereocenters. The van der Waals surface area contributed by atoms with Crippen molar-refractivity contribution in [2.24, 2.45) is 0 Å². The number of thiophene rings is 1. The minimum absolute atomic E-state index is 0.0928. The van der Waals surface area contributed by atoms with E-state index in [9.17, 15) is 18.0 Å². The van der Waals surface area contributed by atoms with E-state index in [-0.39, 0.29) is 10.9 Å². The van der Waals surface area contributed by atoms with Crippen LogP contribution < -0.4 is 4.90 Å². The first-order valence-corrected chi connectivity index (χ1v) is 10.3. The average molecular weight is 413 g/mol. The van der Waals surface area contributed by atoms with Crippen molar-refractivity contribution in [3.05, 3.63) is 17.3 Å². The summed E-state index contributed by atoms with van der Waals surface area (Å²) in [5.41, 5.74) is 0. The number of nitrogens with zero attached hydrogens (tertiary/aromatic N) is 5. The SMILES string of the molecule is O=C(N1CCCCC1)N1CCN(c2ncnc3sc(CC(F)(F)F)cc23)CC1. The number of piperazine rings is 1. The second kappa shape index (κ2) is 7.73. The number of rotatable bonds is 2. The molecule has 2 aliphatic rings. The summed E-state index contributed by atoms with van der Waals surface area (Å²) in [4.78, 5) is 27.7. The van der Waals surface area contributed by atoms with E-state index in [4.69, 9.17) is 0 Å². The van der Waals surface area contributed by atoms with Crippen LogP contribution in [0.25, 0.3) is 10.2 Å². The van der Waals surface area contributed by atoms with Crippen molar-refractivity contribution in [3.63, 3.8) is 0 Å². The molecule has 2 aromatic rings. The van der Waals surface area contributed by atoms with Crippen molar-refractivity contribution >= 4 is 33.4 Å². The van der Waals surface area contributed by atoms with Crippen molar-refractivity contribution in [2.75, 3.05) is 44.2 Å². The van der Waals surface area contributed by atoms with Gasteiger partial charge in [-0.2, -0.15) is 13.2 Å². The lowest BCUT2D eigenvalue weighted by Crippen LogP contribution is -2.53. The lowest BCUT2D eigenvalue weighted by atomic mass is 10.1. The Balaban J connectivity index is 1.45. The van der Waals surface area contributed by atoms with Gasteiger partial charge >= 0.3 is 12.2 Å². The molecule has 0 aromatic carbocycles. The third-order valence-corrected chi connectivity index (χ3v) is 6.25. The Hall–Kier alpha value is -2.10. The number of alkyl halides is 3. The van der Waals surface area contributed by atoms with E-state index < -0.39 is 12.6 Å². The summed E-state index contributed by atoms with van der Waals surface area (Å²) in [7, 11) is 0. The first-order valence-electron chi connectivity index (χ1n) is 9.50. The van der Waals surface area contributed by atoms with Gasteiger partial charge in [0.2, 0.25) is 0 Å². The van der Waals surface area contributed by atoms with Gasteiger partial charge in [-0.25, -0.2) is 14.8 Å². The van der Waals surface area contributed by atoms with E-state index in [0.717, 1.165) is 37.3 Å². The summed E-state index contributed by atoms with van der Waals surface area (Å²) in [6.45, 7) is 4.03. The van der Waals surface area contributed by atoms with E-state index >= 15 is 0 Å². The monoisotopic (exact) mass is 413 g/mol. The normalized spacial score (nSPS) is 18.8. The molecule has 0 saturated carbocycles. The Morgan fingerprint density at radius 3 is 2.36 bits per heavy atom. The zero-order chi connectivity index (χ0) is 19.7. The van der Waals surface area contributed by atoms with Crippen LogP contribution in [-0.2, 0) is 6.42 Å². The van der Waals surface area contributed by atoms with Crippen LogP contribution in [0.1, 0.15) is 24.1 Å². The van der Waals surface area contributed by atoms with E-state index in [0.29, 0.717) is 42.2 Å². The molecule has 0 N–H and O–H groups in total. The number of likely N-dealkylation sites (tertiary alicyclic amines) is 1. The number of carbonyl (C=O) groups excluding carboxylic acids is 1. The Kier molecular flexibility index (Phi) is 5.31. The maximum absolute atomic E-state index is 12.7. The van der Waals surface area contributed by atoms with E-state index in [1.165, 1.54) is 12.7 Å². The minimum Gasteiger partial charge on any atom is -0.352 e. The molecular weight excluding hydrogens is 391 g/mol. The minimum atomic E-state index is -4.24. The highest BCUT2D eigenvalue weighted by molar-refractivity contribution is 7.18. The number of carbonyl (C=O) groups is 1. The number of amides is 2. The Labute approximate surface area is 164 Å². The van der Waals surface area contributed by atoms with Crippen molar-refractivity contribution < 1.29 is 18.0 Å². The van der Waals surface area contributed by atoms with E-state index in [1.807, 2.05) is 14.7 Å². The predicted molar refractivity (Wildman–Crippen MR) is 102 cm³/mol. The van der Waals surface area contributed by atoms with Crippen molar-refractivity contribution in [1.29, 1.82) is 0 Å². The fourth-order valence-electron chi connectivity index (χ4n) is 3.82. The van der Waals surface area contributed by atoms with Gasteiger partial charge in [-0.15, -0.1) is 11.3 Å². The van der Waals surface area contributed by atoms with Gasteiger partial charge in [0.15, 0.2) is 0 Å². The smallest absolute Gasteiger partial charge is 0.352 e. The van der Waals surface area contributed by atoms with E-state index in [1.54, 1.807) is 6.07 Å². The van der Waals surface area contributed by atoms with Crippen LogP contribution in [0.15, 0.2) is 12.4 Å². The highest BCUT2D eigenvalue weighted by atomic mass is 32.1. The standard InChI is InChI=1S/C18H22F3N5OS/c19-18(20,21)11-13-10-14-15(22-12-23-16(14)28-13)24-6-8-26(9-7-24)17(27)25-4-2-1-3-5-25/h10,12H,1-9,11H2. The molecule has 4 rings (SSSR count). The Morgan fingerprint density at radius 1 is 1.00 bits per heavy atom. The van der Waals surface area contributed by atoms with Gasteiger partial charge in [-0.05, 0) is 25.3 Å². The molecule has 2 aromatic heterocycles. The molecular formula is C18H22F3N5OS. The summed E-state index contributed by atoms with van der Waals surface area (Å²) in [5.74, 6) is 0.653. The molecule has 152 valence electrons. The molecule has 0 atom stereocenters. The summed E-state index contributed by atoms with van der Waals surface area (Å²) in [6, 6.07) is 1.64. The first-order chi connectivity index (χ1) is 13.4. The fourth-order valence-corrected chi connectivity index (χ4v) is 4.85. The number of piperidine rings is 1. The van der Waals surface area contributed by atoms with Gasteiger partial charge < -0.3 is 14.7 Å². The van der Waals surface area contributed by atoms with Crippen LogP contribution in [-0.4, -0.2) is 71.2 Å². The molecule has 4 heterocycles. The van der Waals surface area contributed by atoms with Gasteiger partial charge in [0.1, 0.15) is 17.0 Å². The number of aromatic nitrogens is 2. The number of anilines is 1. The molecule has 6 nitrogen and oxygen atoms in total. The Bertz CT molecular complexity index is 841. The van der Waals surface area contributed by atoms with Crippen molar-refractivity contribution in [1.82, 2.24) is 19.8 Å². The topological polar surface area (TPSA) is 52.6 Å². The third kappa shape index (κ3) is 4.16. The van der Waals surface area contributed by atoms with Gasteiger partial charge in [0, 0.05) is 44.1 Å². The average Bonchev–Trinajstić information content (AvgIpc) is 3.08. The molecule has 2 saturated heterocycles. The Morgan fingerprint density at radius 2 is 1.68 bits per heavy atom. The largest absolute Gasteiger partial charge is 0.393 e. The van der Waals surface area contributed by atoms with Crippen molar-refractivity contribution in [3.8, 4) is 0 Å². The molecule has 2 amide bonds. The number of hydrogen-bond acceptors (Lipinski definition) is 5. The van der Waals surface area contributed by atoms with Gasteiger partial charge in [-0.1, -0.05) is 0 Å². The van der Waals surface area contributed by atoms with Gasteiger partial charge in [0.05, 0.1) is 11.8 Å². The summed E-state index contributed by atoms with van der Waals surface area (Å²) in [6.07, 6.45) is -0.498. The number of halogens is 3. The quantitative estimate of drug-likeness (QED) is 0.756. The second-order valence-corrected chi connectivity index (χ2v) is 8.34. The lowest BCUT2D eigenvalue weighted by molar-refractivity contribution is -0.126. The van der Waals surface area contributed by atoms with Crippen LogP contribution in [0.2, 0.25) is 0 Å². The highest BCUT2D eigenvalue weighted by Crippen LogP contribution is 2.34. The third-order valence-electron chi connectivity index (χ3n) is 5.21. The van der Waals surface area contributed by atoms with Gasteiger partial charge in [-0.3, -0.25) is 0 Å². The summed E-state index contributed by atoms with van der Waals surface area (Å²) >= 11 is 1.06. The molecule has 0 aliphatic carbocycles. The van der Waals surface area contributed by atoms with Crippen molar-refractivity contribution in [2.45, 2.75) is 31.9 Å². The zero-order valence-corrected chi connectivity index (χ0v) is 16.2. The molecule has 2 fully saturated rings. The molecule has 2 aliphatic heterocycles. The summed E-state index contributed by atoms with van der Waals surface area (Å²) in [5, 5.41) is 0.655. The van der Waals surface area contributed by atoms with Crippen LogP contribution in [0.5, 0.6) is 0 Å². The maximum Gasteiger partial charge on any atom is 0.393 e. The fraction of sp³-hybridized carbons (Fsp3) is 0.611. The number of fused-ring (bicyclic) bond motifs is 1. The number of urea groups is 1. The molecule has 28 heavy (non-hydrogen) atoms. The van der Waals surface area contributed by atoms with Crippen LogP contribution in [0.4, 0.5) is 23.8 Å². The molecule has 10 heteroatoms. The molecule has 0 bridgehead atoms. The summed E-state index contributed by atoms with van der Waals surface area (Å²) < 4.78 is 38.1. The first kappa shape index (κ1) is 19.2. The number of hydrogen-bond donors (Lipinski definition) is 0. The maximum atomic E-state index is 12.7.